The van der Waals surface area contributed by atoms with Crippen molar-refractivity contribution >= 4 is 28.8 Å². The van der Waals surface area contributed by atoms with E-state index in [9.17, 15) is 4.79 Å². The summed E-state index contributed by atoms with van der Waals surface area (Å²) in [5.74, 6) is -0.865. The van der Waals surface area contributed by atoms with Crippen LogP contribution in [0.1, 0.15) is 11.1 Å². The number of anilines is 2. The Morgan fingerprint density at radius 2 is 2.05 bits per heavy atom. The average Bonchev–Trinajstić information content (AvgIpc) is 2.82. The quantitative estimate of drug-likeness (QED) is 0.766. The van der Waals surface area contributed by atoms with E-state index in [2.05, 4.69) is 10.3 Å². The molecule has 2 N–H and O–H groups in total. The lowest BCUT2D eigenvalue weighted by Crippen LogP contribution is -2.00. The monoisotopic (exact) mass is 282 g/mol. The molecule has 0 aliphatic rings. The molecule has 0 atom stereocenters. The number of hydrogen-bond donors (Lipinski definition) is 2. The number of carboxylic acids is 1. The lowest BCUT2D eigenvalue weighted by atomic mass is 10.1. The minimum atomic E-state index is -0.865. The molecule has 0 aliphatic heterocycles. The third-order valence-corrected chi connectivity index (χ3v) is 3.13. The minimum absolute atomic E-state index is 0.0288. The number of benzene rings is 2. The first kappa shape index (κ1) is 13.2. The molecule has 106 valence electrons. The molecule has 0 fully saturated rings. The predicted molar refractivity (Wildman–Crippen MR) is 79.8 cm³/mol. The molecule has 0 saturated heterocycles. The number of para-hydroxylation sites is 1. The molecule has 1 aromatic heterocycles. The van der Waals surface area contributed by atoms with E-state index in [0.29, 0.717) is 17.2 Å². The normalized spacial score (nSPS) is 10.7. The van der Waals surface area contributed by atoms with E-state index in [4.69, 9.17) is 9.52 Å². The topological polar surface area (TPSA) is 75.4 Å². The maximum atomic E-state index is 10.8. The number of aliphatic carboxylic acids is 1. The average molecular weight is 282 g/mol. The van der Waals surface area contributed by atoms with Crippen LogP contribution in [0.15, 0.2) is 46.9 Å². The molecule has 5 heteroatoms. The van der Waals surface area contributed by atoms with Gasteiger partial charge in [0.1, 0.15) is 5.52 Å². The lowest BCUT2D eigenvalue weighted by molar-refractivity contribution is -0.136. The molecule has 3 aromatic rings. The summed E-state index contributed by atoms with van der Waals surface area (Å²) >= 11 is 0. The van der Waals surface area contributed by atoms with Crippen LogP contribution in [0.4, 0.5) is 11.7 Å². The second kappa shape index (κ2) is 5.28. The van der Waals surface area contributed by atoms with E-state index in [1.165, 1.54) is 0 Å². The predicted octanol–water partition coefficient (Wildman–Crippen LogP) is 3.51. The Morgan fingerprint density at radius 3 is 2.76 bits per heavy atom. The Morgan fingerprint density at radius 1 is 1.29 bits per heavy atom. The SMILES string of the molecule is Cc1cc(CC(=O)O)cc2oc(Nc3ccccc3)nc12. The van der Waals surface area contributed by atoms with Crippen LogP contribution in [0.2, 0.25) is 0 Å². The Bertz CT molecular complexity index is 794. The lowest BCUT2D eigenvalue weighted by Gasteiger charge is -1.99. The Balaban J connectivity index is 1.96. The van der Waals surface area contributed by atoms with Gasteiger partial charge in [0, 0.05) is 5.69 Å². The summed E-state index contributed by atoms with van der Waals surface area (Å²) in [6.07, 6.45) is -0.0288. The summed E-state index contributed by atoms with van der Waals surface area (Å²) in [5.41, 5.74) is 3.81. The first-order valence-electron chi connectivity index (χ1n) is 6.56. The van der Waals surface area contributed by atoms with Crippen molar-refractivity contribution in [2.75, 3.05) is 5.32 Å². The van der Waals surface area contributed by atoms with Crippen molar-refractivity contribution in [3.63, 3.8) is 0 Å². The van der Waals surface area contributed by atoms with Crippen molar-refractivity contribution in [3.05, 3.63) is 53.6 Å². The van der Waals surface area contributed by atoms with Gasteiger partial charge in [-0.3, -0.25) is 4.79 Å². The van der Waals surface area contributed by atoms with Gasteiger partial charge in [-0.05, 0) is 36.2 Å². The van der Waals surface area contributed by atoms with Crippen LogP contribution in [0.5, 0.6) is 0 Å². The fraction of sp³-hybridized carbons (Fsp3) is 0.125. The van der Waals surface area contributed by atoms with Crippen LogP contribution in [0.3, 0.4) is 0 Å². The van der Waals surface area contributed by atoms with Gasteiger partial charge in [-0.15, -0.1) is 0 Å². The van der Waals surface area contributed by atoms with Crippen LogP contribution in [0.25, 0.3) is 11.1 Å². The second-order valence-corrected chi connectivity index (χ2v) is 4.84. The third kappa shape index (κ3) is 2.86. The maximum Gasteiger partial charge on any atom is 0.307 e. The summed E-state index contributed by atoms with van der Waals surface area (Å²) in [6, 6.07) is 13.5. The van der Waals surface area contributed by atoms with Crippen molar-refractivity contribution < 1.29 is 14.3 Å². The van der Waals surface area contributed by atoms with Gasteiger partial charge in [0.25, 0.3) is 6.01 Å². The van der Waals surface area contributed by atoms with Gasteiger partial charge < -0.3 is 14.8 Å². The van der Waals surface area contributed by atoms with Gasteiger partial charge in [0.05, 0.1) is 6.42 Å². The van der Waals surface area contributed by atoms with Crippen LogP contribution >= 0.6 is 0 Å². The number of carboxylic acid groups (broad SMARTS) is 1. The van der Waals surface area contributed by atoms with Crippen LogP contribution in [0, 0.1) is 6.92 Å². The zero-order valence-electron chi connectivity index (χ0n) is 11.5. The van der Waals surface area contributed by atoms with Gasteiger partial charge in [-0.25, -0.2) is 0 Å². The van der Waals surface area contributed by atoms with E-state index in [0.717, 1.165) is 16.8 Å². The number of nitrogens with one attached hydrogen (secondary N) is 1. The summed E-state index contributed by atoms with van der Waals surface area (Å²) < 4.78 is 5.66. The van der Waals surface area contributed by atoms with Gasteiger partial charge in [-0.1, -0.05) is 24.3 Å². The number of aryl methyl sites for hydroxylation is 1. The molecule has 2 aromatic carbocycles. The fourth-order valence-electron chi connectivity index (χ4n) is 2.24. The molecule has 21 heavy (non-hydrogen) atoms. The highest BCUT2D eigenvalue weighted by Gasteiger charge is 2.11. The number of nitrogens with zero attached hydrogens (tertiary/aromatic N) is 1. The Labute approximate surface area is 121 Å². The number of carbonyl (C=O) groups is 1. The molecular formula is C16H14N2O3. The fourth-order valence-corrected chi connectivity index (χ4v) is 2.24. The standard InChI is InChI=1S/C16H14N2O3/c1-10-7-11(9-14(19)20)8-13-15(10)18-16(21-13)17-12-5-3-2-4-6-12/h2-8H,9H2,1H3,(H,17,18)(H,19,20). The largest absolute Gasteiger partial charge is 0.481 e. The molecular weight excluding hydrogens is 268 g/mol. The number of aromatic nitrogens is 1. The molecule has 0 spiro atoms. The summed E-state index contributed by atoms with van der Waals surface area (Å²) in [7, 11) is 0. The van der Waals surface area contributed by atoms with Crippen molar-refractivity contribution in [2.45, 2.75) is 13.3 Å². The zero-order chi connectivity index (χ0) is 14.8. The minimum Gasteiger partial charge on any atom is -0.481 e. The van der Waals surface area contributed by atoms with Crippen molar-refractivity contribution in [1.82, 2.24) is 4.98 Å². The smallest absolute Gasteiger partial charge is 0.307 e. The van der Waals surface area contributed by atoms with Gasteiger partial charge in [0.2, 0.25) is 0 Å². The summed E-state index contributed by atoms with van der Waals surface area (Å²) in [4.78, 5) is 15.2. The van der Waals surface area contributed by atoms with Gasteiger partial charge in [-0.2, -0.15) is 4.98 Å². The second-order valence-electron chi connectivity index (χ2n) is 4.84. The molecule has 0 saturated carbocycles. The molecule has 3 rings (SSSR count). The van der Waals surface area contributed by atoms with Gasteiger partial charge >= 0.3 is 5.97 Å². The number of fused-ring (bicyclic) bond motifs is 1. The number of rotatable bonds is 4. The highest BCUT2D eigenvalue weighted by molar-refractivity contribution is 5.81. The number of hydrogen-bond acceptors (Lipinski definition) is 4. The molecule has 0 radical (unpaired) electrons. The van der Waals surface area contributed by atoms with Crippen LogP contribution < -0.4 is 5.32 Å². The zero-order valence-corrected chi connectivity index (χ0v) is 11.5. The highest BCUT2D eigenvalue weighted by atomic mass is 16.4. The van der Waals surface area contributed by atoms with Crippen LogP contribution in [-0.2, 0) is 11.2 Å². The Hall–Kier alpha value is -2.82. The first-order valence-corrected chi connectivity index (χ1v) is 6.56. The molecule has 5 nitrogen and oxygen atoms in total. The highest BCUT2D eigenvalue weighted by Crippen LogP contribution is 2.26. The maximum absolute atomic E-state index is 10.8. The van der Waals surface area contributed by atoms with E-state index in [1.807, 2.05) is 43.3 Å². The van der Waals surface area contributed by atoms with Crippen molar-refractivity contribution in [1.29, 1.82) is 0 Å². The van der Waals surface area contributed by atoms with Crippen molar-refractivity contribution in [2.24, 2.45) is 0 Å². The van der Waals surface area contributed by atoms with E-state index in [-0.39, 0.29) is 6.42 Å². The van der Waals surface area contributed by atoms with E-state index < -0.39 is 5.97 Å². The molecule has 1 heterocycles. The summed E-state index contributed by atoms with van der Waals surface area (Å²) in [5, 5.41) is 12.0. The summed E-state index contributed by atoms with van der Waals surface area (Å²) in [6.45, 7) is 1.89. The van der Waals surface area contributed by atoms with Crippen molar-refractivity contribution in [3.8, 4) is 0 Å². The Kier molecular flexibility index (Phi) is 3.31. The molecule has 0 bridgehead atoms. The molecule has 0 amide bonds. The van der Waals surface area contributed by atoms with Crippen LogP contribution in [-0.4, -0.2) is 16.1 Å². The van der Waals surface area contributed by atoms with E-state index >= 15 is 0 Å². The number of oxazole rings is 1. The first-order chi connectivity index (χ1) is 10.1. The molecule has 0 aliphatic carbocycles. The molecule has 0 unspecified atom stereocenters. The van der Waals surface area contributed by atoms with Gasteiger partial charge in [0.15, 0.2) is 5.58 Å². The third-order valence-electron chi connectivity index (χ3n) is 3.13. The van der Waals surface area contributed by atoms with E-state index in [1.54, 1.807) is 6.07 Å².